The second-order valence-corrected chi connectivity index (χ2v) is 7.89. The quantitative estimate of drug-likeness (QED) is 0.410. The number of aromatic nitrogens is 2. The number of hydrazone groups is 1. The Balaban J connectivity index is 1.71. The zero-order chi connectivity index (χ0) is 20.1. The molecule has 146 valence electrons. The number of nitrogens with one attached hydrogen (secondary N) is 2. The van der Waals surface area contributed by atoms with Gasteiger partial charge < -0.3 is 14.2 Å². The van der Waals surface area contributed by atoms with Crippen molar-refractivity contribution < 1.29 is 19.0 Å². The van der Waals surface area contributed by atoms with Gasteiger partial charge in [0, 0.05) is 5.56 Å². The number of benzene rings is 1. The SMILES string of the molecule is COc1cc(C=NNC(=O)c2cc(-c3ccc(Br)s3)[nH]n2)cc(OC)c1OC. The second kappa shape index (κ2) is 8.89. The van der Waals surface area contributed by atoms with Gasteiger partial charge in [0.05, 0.1) is 41.9 Å². The summed E-state index contributed by atoms with van der Waals surface area (Å²) in [5, 5.41) is 10.9. The van der Waals surface area contributed by atoms with Crippen LogP contribution in [0.5, 0.6) is 17.2 Å². The van der Waals surface area contributed by atoms with E-state index in [4.69, 9.17) is 14.2 Å². The molecule has 0 bridgehead atoms. The van der Waals surface area contributed by atoms with Crippen LogP contribution in [-0.4, -0.2) is 43.6 Å². The van der Waals surface area contributed by atoms with Crippen LogP contribution in [0.15, 0.2) is 39.2 Å². The Hall–Kier alpha value is -2.85. The fraction of sp³-hybridized carbons (Fsp3) is 0.167. The van der Waals surface area contributed by atoms with Crippen molar-refractivity contribution >= 4 is 39.4 Å². The summed E-state index contributed by atoms with van der Waals surface area (Å²) in [5.74, 6) is 1.04. The Morgan fingerprint density at radius 2 is 1.89 bits per heavy atom. The lowest BCUT2D eigenvalue weighted by molar-refractivity contribution is 0.0950. The molecule has 8 nitrogen and oxygen atoms in total. The van der Waals surface area contributed by atoms with E-state index in [1.165, 1.54) is 27.5 Å². The number of nitrogens with zero attached hydrogens (tertiary/aromatic N) is 2. The number of carbonyl (C=O) groups excluding carboxylic acids is 1. The third-order valence-corrected chi connectivity index (χ3v) is 5.37. The Kier molecular flexibility index (Phi) is 6.32. The number of hydrogen-bond donors (Lipinski definition) is 2. The van der Waals surface area contributed by atoms with E-state index in [-0.39, 0.29) is 5.69 Å². The number of H-pyrrole nitrogens is 1. The molecule has 0 saturated carbocycles. The molecule has 3 aromatic rings. The molecule has 1 aromatic carbocycles. The first-order valence-electron chi connectivity index (χ1n) is 8.00. The van der Waals surface area contributed by atoms with Gasteiger partial charge in [0.2, 0.25) is 5.75 Å². The molecule has 2 aromatic heterocycles. The number of amides is 1. The lowest BCUT2D eigenvalue weighted by atomic mass is 10.2. The van der Waals surface area contributed by atoms with Crippen LogP contribution in [-0.2, 0) is 0 Å². The summed E-state index contributed by atoms with van der Waals surface area (Å²) in [5.41, 5.74) is 4.11. The van der Waals surface area contributed by atoms with Gasteiger partial charge in [0.25, 0.3) is 5.91 Å². The average Bonchev–Trinajstić information content (AvgIpc) is 3.36. The van der Waals surface area contributed by atoms with E-state index in [0.717, 1.165) is 14.4 Å². The van der Waals surface area contributed by atoms with Gasteiger partial charge in [-0.15, -0.1) is 11.3 Å². The van der Waals surface area contributed by atoms with Crippen LogP contribution < -0.4 is 19.6 Å². The maximum Gasteiger partial charge on any atom is 0.291 e. The molecular weight excluding hydrogens is 448 g/mol. The van der Waals surface area contributed by atoms with Crippen molar-refractivity contribution in [2.24, 2.45) is 5.10 Å². The summed E-state index contributed by atoms with van der Waals surface area (Å²) < 4.78 is 16.9. The largest absolute Gasteiger partial charge is 0.493 e. The second-order valence-electron chi connectivity index (χ2n) is 5.43. The smallest absolute Gasteiger partial charge is 0.291 e. The van der Waals surface area contributed by atoms with Crippen molar-refractivity contribution in [2.45, 2.75) is 0 Å². The third-order valence-electron chi connectivity index (χ3n) is 3.72. The highest BCUT2D eigenvalue weighted by Gasteiger charge is 2.14. The van der Waals surface area contributed by atoms with E-state index in [0.29, 0.717) is 22.8 Å². The third kappa shape index (κ3) is 4.34. The number of hydrogen-bond acceptors (Lipinski definition) is 7. The van der Waals surface area contributed by atoms with E-state index in [1.807, 2.05) is 12.1 Å². The Morgan fingerprint density at radius 3 is 2.46 bits per heavy atom. The standard InChI is InChI=1S/C18H17BrN4O4S/c1-25-13-6-10(7-14(26-2)17(13)27-3)9-20-23-18(24)12-8-11(21-22-12)15-4-5-16(19)28-15/h4-9H,1-3H3,(H,21,22)(H,23,24). The van der Waals surface area contributed by atoms with Crippen LogP contribution in [0.4, 0.5) is 0 Å². The summed E-state index contributed by atoms with van der Waals surface area (Å²) in [6.45, 7) is 0. The van der Waals surface area contributed by atoms with Crippen LogP contribution in [0, 0.1) is 0 Å². The van der Waals surface area contributed by atoms with Gasteiger partial charge in [-0.3, -0.25) is 9.89 Å². The normalized spacial score (nSPS) is 10.9. The number of aromatic amines is 1. The molecule has 0 aliphatic carbocycles. The predicted molar refractivity (Wildman–Crippen MR) is 111 cm³/mol. The maximum absolute atomic E-state index is 12.2. The highest BCUT2D eigenvalue weighted by molar-refractivity contribution is 9.11. The molecule has 0 atom stereocenters. The first kappa shape index (κ1) is 19.9. The number of thiophene rings is 1. The summed E-state index contributed by atoms with van der Waals surface area (Å²) >= 11 is 4.95. The Labute approximate surface area is 173 Å². The van der Waals surface area contributed by atoms with Crippen LogP contribution in [0.1, 0.15) is 16.1 Å². The van der Waals surface area contributed by atoms with Crippen molar-refractivity contribution in [2.75, 3.05) is 21.3 Å². The predicted octanol–water partition coefficient (Wildman–Crippen LogP) is 3.69. The van der Waals surface area contributed by atoms with Gasteiger partial charge in [-0.2, -0.15) is 10.2 Å². The van der Waals surface area contributed by atoms with E-state index < -0.39 is 5.91 Å². The molecule has 1 amide bonds. The molecule has 0 unspecified atom stereocenters. The van der Waals surface area contributed by atoms with Crippen LogP contribution in [0.2, 0.25) is 0 Å². The van der Waals surface area contributed by atoms with Crippen LogP contribution in [0.25, 0.3) is 10.6 Å². The van der Waals surface area contributed by atoms with Crippen molar-refractivity contribution in [3.05, 3.63) is 45.4 Å². The topological polar surface area (TPSA) is 97.8 Å². The molecule has 0 radical (unpaired) electrons. The molecule has 0 saturated heterocycles. The zero-order valence-electron chi connectivity index (χ0n) is 15.3. The fourth-order valence-corrected chi connectivity index (χ4v) is 3.77. The minimum Gasteiger partial charge on any atom is -0.493 e. The lowest BCUT2D eigenvalue weighted by Crippen LogP contribution is -2.18. The summed E-state index contributed by atoms with van der Waals surface area (Å²) in [6.07, 6.45) is 1.48. The highest BCUT2D eigenvalue weighted by atomic mass is 79.9. The first-order chi connectivity index (χ1) is 13.5. The minimum atomic E-state index is -0.429. The molecule has 3 rings (SSSR count). The number of rotatable bonds is 7. The number of ether oxygens (including phenoxy) is 3. The van der Waals surface area contributed by atoms with Gasteiger partial charge in [-0.25, -0.2) is 5.43 Å². The minimum absolute atomic E-state index is 0.238. The monoisotopic (exact) mass is 464 g/mol. The number of carbonyl (C=O) groups is 1. The van der Waals surface area contributed by atoms with Gasteiger partial charge in [0.1, 0.15) is 0 Å². The number of halogens is 1. The fourth-order valence-electron chi connectivity index (χ4n) is 2.42. The van der Waals surface area contributed by atoms with Crippen molar-refractivity contribution in [1.29, 1.82) is 0 Å². The maximum atomic E-state index is 12.2. The van der Waals surface area contributed by atoms with E-state index in [1.54, 1.807) is 29.5 Å². The molecular formula is C18H17BrN4O4S. The Bertz CT molecular complexity index is 990. The van der Waals surface area contributed by atoms with Crippen molar-refractivity contribution in [3.8, 4) is 27.8 Å². The summed E-state index contributed by atoms with van der Waals surface area (Å²) in [4.78, 5) is 13.2. The lowest BCUT2D eigenvalue weighted by Gasteiger charge is -2.12. The van der Waals surface area contributed by atoms with Gasteiger partial charge in [-0.1, -0.05) is 0 Å². The zero-order valence-corrected chi connectivity index (χ0v) is 17.7. The molecule has 2 N–H and O–H groups in total. The van der Waals surface area contributed by atoms with Gasteiger partial charge >= 0.3 is 0 Å². The van der Waals surface area contributed by atoms with Crippen molar-refractivity contribution in [1.82, 2.24) is 15.6 Å². The summed E-state index contributed by atoms with van der Waals surface area (Å²) in [6, 6.07) is 8.98. The molecule has 10 heteroatoms. The summed E-state index contributed by atoms with van der Waals surface area (Å²) in [7, 11) is 4.59. The molecule has 0 aliphatic heterocycles. The van der Waals surface area contributed by atoms with Crippen LogP contribution in [0.3, 0.4) is 0 Å². The van der Waals surface area contributed by atoms with Gasteiger partial charge in [0.15, 0.2) is 17.2 Å². The average molecular weight is 465 g/mol. The molecule has 0 spiro atoms. The van der Waals surface area contributed by atoms with Crippen LogP contribution >= 0.6 is 27.3 Å². The van der Waals surface area contributed by atoms with E-state index in [9.17, 15) is 4.79 Å². The first-order valence-corrected chi connectivity index (χ1v) is 9.61. The molecule has 2 heterocycles. The highest BCUT2D eigenvalue weighted by Crippen LogP contribution is 2.37. The number of methoxy groups -OCH3 is 3. The molecule has 0 aliphatic rings. The van der Waals surface area contributed by atoms with Crippen molar-refractivity contribution in [3.63, 3.8) is 0 Å². The van der Waals surface area contributed by atoms with Gasteiger partial charge in [-0.05, 0) is 46.3 Å². The Morgan fingerprint density at radius 1 is 1.18 bits per heavy atom. The molecule has 28 heavy (non-hydrogen) atoms. The molecule has 0 fully saturated rings. The van der Waals surface area contributed by atoms with E-state index in [2.05, 4.69) is 36.7 Å². The van der Waals surface area contributed by atoms with E-state index >= 15 is 0 Å².